The van der Waals surface area contributed by atoms with Gasteiger partial charge in [-0.25, -0.2) is 0 Å². The van der Waals surface area contributed by atoms with Crippen LogP contribution < -0.4 is 0 Å². The van der Waals surface area contributed by atoms with Crippen LogP contribution >= 0.6 is 27.7 Å². The first kappa shape index (κ1) is 11.6. The molecular weight excluding hydrogens is 298 g/mol. The minimum absolute atomic E-state index is 0.232. The summed E-state index contributed by atoms with van der Waals surface area (Å²) in [5, 5.41) is 9.40. The van der Waals surface area contributed by atoms with E-state index in [1.807, 2.05) is 12.1 Å². The first-order chi connectivity index (χ1) is 8.15. The Hall–Kier alpha value is -0.500. The zero-order valence-electron chi connectivity index (χ0n) is 9.28. The standard InChI is InChI=1S/C13H12BrNOS/c14-10-2-1-3-11(4-10)17-13(7-15)5-12(6-13)8-16-9-12/h1-4H,5-6,8-9H2. The molecule has 1 aliphatic heterocycles. The van der Waals surface area contributed by atoms with Crippen molar-refractivity contribution >= 4 is 27.7 Å². The topological polar surface area (TPSA) is 33.0 Å². The number of nitriles is 1. The molecule has 1 saturated heterocycles. The van der Waals surface area contributed by atoms with Crippen LogP contribution in [0.3, 0.4) is 0 Å². The summed E-state index contributed by atoms with van der Waals surface area (Å²) in [7, 11) is 0. The molecule has 2 aliphatic rings. The van der Waals surface area contributed by atoms with Crippen LogP contribution in [0.25, 0.3) is 0 Å². The Labute approximate surface area is 113 Å². The van der Waals surface area contributed by atoms with Gasteiger partial charge in [0.1, 0.15) is 4.75 Å². The highest BCUT2D eigenvalue weighted by atomic mass is 79.9. The van der Waals surface area contributed by atoms with Crippen LogP contribution in [0.2, 0.25) is 0 Å². The number of nitrogens with zero attached hydrogens (tertiary/aromatic N) is 1. The lowest BCUT2D eigenvalue weighted by molar-refractivity contribution is -0.161. The summed E-state index contributed by atoms with van der Waals surface area (Å²) in [5.41, 5.74) is 0.328. The van der Waals surface area contributed by atoms with Gasteiger partial charge in [-0.1, -0.05) is 22.0 Å². The molecule has 1 heterocycles. The van der Waals surface area contributed by atoms with Gasteiger partial charge in [-0.2, -0.15) is 5.26 Å². The van der Waals surface area contributed by atoms with Gasteiger partial charge >= 0.3 is 0 Å². The number of benzene rings is 1. The Balaban J connectivity index is 1.74. The molecule has 1 spiro atoms. The smallest absolute Gasteiger partial charge is 0.108 e. The lowest BCUT2D eigenvalue weighted by Crippen LogP contribution is -2.59. The minimum Gasteiger partial charge on any atom is -0.380 e. The van der Waals surface area contributed by atoms with Gasteiger partial charge in [0.2, 0.25) is 0 Å². The van der Waals surface area contributed by atoms with Gasteiger partial charge in [0, 0.05) is 14.8 Å². The number of thioether (sulfide) groups is 1. The number of hydrogen-bond donors (Lipinski definition) is 0. The van der Waals surface area contributed by atoms with Crippen LogP contribution in [-0.2, 0) is 4.74 Å². The molecule has 1 aliphatic carbocycles. The van der Waals surface area contributed by atoms with E-state index >= 15 is 0 Å². The first-order valence-corrected chi connectivity index (χ1v) is 7.20. The molecule has 1 saturated carbocycles. The van der Waals surface area contributed by atoms with Crippen LogP contribution in [0.1, 0.15) is 12.8 Å². The van der Waals surface area contributed by atoms with Crippen molar-refractivity contribution in [1.82, 2.24) is 0 Å². The van der Waals surface area contributed by atoms with Crippen molar-refractivity contribution in [2.24, 2.45) is 5.41 Å². The lowest BCUT2D eigenvalue weighted by Gasteiger charge is -2.56. The molecule has 1 aromatic rings. The molecule has 0 unspecified atom stereocenters. The third-order valence-corrected chi connectivity index (χ3v) is 5.20. The van der Waals surface area contributed by atoms with E-state index in [1.165, 1.54) is 0 Å². The zero-order chi connectivity index (χ0) is 11.9. The van der Waals surface area contributed by atoms with Gasteiger partial charge in [0.25, 0.3) is 0 Å². The molecule has 0 aromatic heterocycles. The summed E-state index contributed by atoms with van der Waals surface area (Å²) >= 11 is 5.16. The van der Waals surface area contributed by atoms with E-state index in [1.54, 1.807) is 11.8 Å². The maximum absolute atomic E-state index is 9.40. The van der Waals surface area contributed by atoms with Gasteiger partial charge in [0.15, 0.2) is 0 Å². The number of ether oxygens (including phenoxy) is 1. The number of rotatable bonds is 2. The summed E-state index contributed by atoms with van der Waals surface area (Å²) < 4.78 is 6.10. The number of halogens is 1. The Bertz CT molecular complexity index is 484. The Kier molecular flexibility index (Phi) is 2.73. The average molecular weight is 310 g/mol. The van der Waals surface area contributed by atoms with Crippen LogP contribution in [0.5, 0.6) is 0 Å². The fourth-order valence-corrected chi connectivity index (χ4v) is 4.82. The molecule has 1 aromatic carbocycles. The van der Waals surface area contributed by atoms with E-state index in [2.05, 4.69) is 34.1 Å². The molecule has 0 N–H and O–H groups in total. The van der Waals surface area contributed by atoms with E-state index < -0.39 is 0 Å². The predicted octanol–water partition coefficient (Wildman–Crippen LogP) is 3.61. The minimum atomic E-state index is -0.232. The molecule has 0 atom stereocenters. The molecule has 88 valence electrons. The average Bonchev–Trinajstić information content (AvgIpc) is 2.20. The highest BCUT2D eigenvalue weighted by Gasteiger charge is 2.59. The van der Waals surface area contributed by atoms with Gasteiger partial charge in [-0.05, 0) is 31.0 Å². The van der Waals surface area contributed by atoms with Gasteiger partial charge in [-0.3, -0.25) is 0 Å². The Morgan fingerprint density at radius 1 is 1.35 bits per heavy atom. The lowest BCUT2D eigenvalue weighted by atomic mass is 9.60. The van der Waals surface area contributed by atoms with Crippen LogP contribution in [0.15, 0.2) is 33.6 Å². The fraction of sp³-hybridized carbons (Fsp3) is 0.462. The van der Waals surface area contributed by atoms with Crippen molar-refractivity contribution in [1.29, 1.82) is 5.26 Å². The molecule has 0 amide bonds. The third kappa shape index (κ3) is 2.01. The fourth-order valence-electron chi connectivity index (χ4n) is 2.68. The summed E-state index contributed by atoms with van der Waals surface area (Å²) in [6.45, 7) is 1.69. The molecule has 4 heteroatoms. The molecule has 0 radical (unpaired) electrons. The van der Waals surface area contributed by atoms with Crippen molar-refractivity contribution in [3.8, 4) is 6.07 Å². The molecule has 17 heavy (non-hydrogen) atoms. The van der Waals surface area contributed by atoms with Crippen molar-refractivity contribution < 1.29 is 4.74 Å². The second kappa shape index (κ2) is 4.01. The van der Waals surface area contributed by atoms with Gasteiger partial charge < -0.3 is 4.74 Å². The van der Waals surface area contributed by atoms with Crippen LogP contribution in [-0.4, -0.2) is 18.0 Å². The van der Waals surface area contributed by atoms with E-state index in [-0.39, 0.29) is 4.75 Å². The maximum atomic E-state index is 9.40. The normalized spacial score (nSPS) is 23.5. The van der Waals surface area contributed by atoms with E-state index in [0.29, 0.717) is 5.41 Å². The van der Waals surface area contributed by atoms with E-state index in [4.69, 9.17) is 4.74 Å². The largest absolute Gasteiger partial charge is 0.380 e. The summed E-state index contributed by atoms with van der Waals surface area (Å²) in [6, 6.07) is 10.7. The third-order valence-electron chi connectivity index (χ3n) is 3.45. The summed E-state index contributed by atoms with van der Waals surface area (Å²) in [6.07, 6.45) is 1.93. The summed E-state index contributed by atoms with van der Waals surface area (Å²) in [5.74, 6) is 0. The second-order valence-corrected chi connectivity index (χ2v) is 7.38. The summed E-state index contributed by atoms with van der Waals surface area (Å²) in [4.78, 5) is 1.16. The van der Waals surface area contributed by atoms with Crippen molar-refractivity contribution in [2.45, 2.75) is 22.5 Å². The van der Waals surface area contributed by atoms with Crippen molar-refractivity contribution in [2.75, 3.05) is 13.2 Å². The molecule has 2 nitrogen and oxygen atoms in total. The van der Waals surface area contributed by atoms with E-state index in [0.717, 1.165) is 35.4 Å². The zero-order valence-corrected chi connectivity index (χ0v) is 11.7. The maximum Gasteiger partial charge on any atom is 0.108 e. The monoisotopic (exact) mass is 309 g/mol. The highest BCUT2D eigenvalue weighted by molar-refractivity contribution is 9.10. The quantitative estimate of drug-likeness (QED) is 0.836. The van der Waals surface area contributed by atoms with Crippen LogP contribution in [0, 0.1) is 16.7 Å². The molecule has 2 fully saturated rings. The molecule has 0 bridgehead atoms. The van der Waals surface area contributed by atoms with Gasteiger partial charge in [0.05, 0.1) is 19.3 Å². The Morgan fingerprint density at radius 3 is 2.65 bits per heavy atom. The van der Waals surface area contributed by atoms with Gasteiger partial charge in [-0.15, -0.1) is 11.8 Å². The highest BCUT2D eigenvalue weighted by Crippen LogP contribution is 2.60. The molecule has 3 rings (SSSR count). The second-order valence-electron chi connectivity index (χ2n) is 5.01. The Morgan fingerprint density at radius 2 is 2.12 bits per heavy atom. The van der Waals surface area contributed by atoms with Crippen molar-refractivity contribution in [3.63, 3.8) is 0 Å². The SMILES string of the molecule is N#CC1(Sc2cccc(Br)c2)CC2(COC2)C1. The predicted molar refractivity (Wildman–Crippen MR) is 70.8 cm³/mol. The van der Waals surface area contributed by atoms with Crippen molar-refractivity contribution in [3.05, 3.63) is 28.7 Å². The number of hydrogen-bond acceptors (Lipinski definition) is 3. The first-order valence-electron chi connectivity index (χ1n) is 5.59. The molecular formula is C13H12BrNOS. The van der Waals surface area contributed by atoms with E-state index in [9.17, 15) is 5.26 Å². The van der Waals surface area contributed by atoms with Crippen LogP contribution in [0.4, 0.5) is 0 Å².